The molecule has 0 saturated heterocycles. The third-order valence-electron chi connectivity index (χ3n) is 5.47. The largest absolute Gasteiger partial charge is 0.462 e. The second-order valence-corrected chi connectivity index (χ2v) is 10.1. The van der Waals surface area contributed by atoms with E-state index in [1.807, 2.05) is 65.2 Å². The van der Waals surface area contributed by atoms with E-state index in [9.17, 15) is 14.9 Å². The third-order valence-corrected chi connectivity index (χ3v) is 7.59. The number of nitriles is 1. The van der Waals surface area contributed by atoms with Gasteiger partial charge in [-0.3, -0.25) is 9.36 Å². The quantitative estimate of drug-likeness (QED) is 0.189. The number of carbonyl (C=O) groups excluding carboxylic acids is 2. The Bertz CT molecular complexity index is 1440. The predicted octanol–water partition coefficient (Wildman–Crippen LogP) is 5.42. The third kappa shape index (κ3) is 6.40. The Labute approximate surface area is 228 Å². The zero-order chi connectivity index (χ0) is 26.9. The maximum Gasteiger partial charge on any atom is 0.348 e. The van der Waals surface area contributed by atoms with E-state index in [0.717, 1.165) is 28.5 Å². The van der Waals surface area contributed by atoms with Gasteiger partial charge < -0.3 is 15.4 Å². The first-order valence-electron chi connectivity index (χ1n) is 11.9. The van der Waals surface area contributed by atoms with Gasteiger partial charge in [-0.25, -0.2) is 4.79 Å². The summed E-state index contributed by atoms with van der Waals surface area (Å²) in [5.74, 6) is 0.425. The number of rotatable bonds is 11. The lowest BCUT2D eigenvalue weighted by Gasteiger charge is -2.11. The number of thiophene rings is 1. The fraction of sp³-hybridized carbons (Fsp3) is 0.222. The van der Waals surface area contributed by atoms with E-state index in [1.165, 1.54) is 11.8 Å². The van der Waals surface area contributed by atoms with E-state index >= 15 is 0 Å². The van der Waals surface area contributed by atoms with Crippen LogP contribution in [0.2, 0.25) is 0 Å². The molecule has 0 unspecified atom stereocenters. The first kappa shape index (κ1) is 26.9. The first-order chi connectivity index (χ1) is 18.5. The number of aromatic nitrogens is 3. The van der Waals surface area contributed by atoms with Crippen LogP contribution in [0.4, 0.5) is 10.7 Å². The number of nitrogens with one attached hydrogen (secondary N) is 2. The minimum atomic E-state index is -0.500. The predicted molar refractivity (Wildman–Crippen MR) is 149 cm³/mol. The molecule has 0 spiro atoms. The van der Waals surface area contributed by atoms with Crippen molar-refractivity contribution in [2.75, 3.05) is 23.0 Å². The topological polar surface area (TPSA) is 122 Å². The normalized spacial score (nSPS) is 10.6. The molecule has 0 atom stereocenters. The number of thioether (sulfide) groups is 1. The van der Waals surface area contributed by atoms with Crippen molar-refractivity contribution in [2.24, 2.45) is 0 Å². The average Bonchev–Trinajstić information content (AvgIpc) is 3.48. The standard InChI is InChI=1S/C27H26N6O3S2/c1-3-36-26(35)24-18(2)21(16-28)25(38-24)30-23(34)14-15-37-27-32-31-22(17-29-19-10-6-4-7-11-19)33(27)20-12-8-5-9-13-20/h4-13,29H,3,14-15,17H2,1-2H3,(H,30,34). The lowest BCUT2D eigenvalue weighted by Crippen LogP contribution is -2.12. The van der Waals surface area contributed by atoms with E-state index in [2.05, 4.69) is 26.9 Å². The van der Waals surface area contributed by atoms with Crippen molar-refractivity contribution in [3.05, 3.63) is 82.5 Å². The van der Waals surface area contributed by atoms with Gasteiger partial charge in [0.05, 0.1) is 18.7 Å². The number of amides is 1. The lowest BCUT2D eigenvalue weighted by atomic mass is 10.2. The summed E-state index contributed by atoms with van der Waals surface area (Å²) in [6.45, 7) is 4.10. The fourth-order valence-corrected chi connectivity index (χ4v) is 5.61. The summed E-state index contributed by atoms with van der Waals surface area (Å²) in [5.41, 5.74) is 2.69. The smallest absolute Gasteiger partial charge is 0.348 e. The molecule has 1 amide bonds. The molecule has 2 heterocycles. The number of para-hydroxylation sites is 2. The molecule has 0 fully saturated rings. The fourth-order valence-electron chi connectivity index (χ4n) is 3.63. The van der Waals surface area contributed by atoms with Crippen molar-refractivity contribution < 1.29 is 14.3 Å². The van der Waals surface area contributed by atoms with Gasteiger partial charge in [-0.15, -0.1) is 21.5 Å². The van der Waals surface area contributed by atoms with Crippen LogP contribution in [0.3, 0.4) is 0 Å². The van der Waals surface area contributed by atoms with Crippen LogP contribution in [0.1, 0.15) is 40.0 Å². The number of carbonyl (C=O) groups is 2. The molecule has 2 aromatic heterocycles. The molecule has 4 rings (SSSR count). The van der Waals surface area contributed by atoms with Gasteiger partial charge in [0, 0.05) is 23.5 Å². The molecular weight excluding hydrogens is 520 g/mol. The van der Waals surface area contributed by atoms with Crippen molar-refractivity contribution in [1.82, 2.24) is 14.8 Å². The first-order valence-corrected chi connectivity index (χ1v) is 13.7. The van der Waals surface area contributed by atoms with Gasteiger partial charge in [-0.2, -0.15) is 5.26 Å². The Balaban J connectivity index is 1.43. The average molecular weight is 547 g/mol. The van der Waals surface area contributed by atoms with E-state index in [4.69, 9.17) is 4.74 Å². The highest BCUT2D eigenvalue weighted by Crippen LogP contribution is 2.33. The van der Waals surface area contributed by atoms with Gasteiger partial charge in [-0.1, -0.05) is 48.2 Å². The molecule has 11 heteroatoms. The molecule has 194 valence electrons. The van der Waals surface area contributed by atoms with Crippen LogP contribution in [0.25, 0.3) is 5.69 Å². The van der Waals surface area contributed by atoms with Gasteiger partial charge in [0.25, 0.3) is 0 Å². The monoisotopic (exact) mass is 546 g/mol. The summed E-state index contributed by atoms with van der Waals surface area (Å²) in [7, 11) is 0. The van der Waals surface area contributed by atoms with E-state index in [0.29, 0.717) is 32.9 Å². The van der Waals surface area contributed by atoms with Crippen LogP contribution in [-0.4, -0.2) is 39.0 Å². The van der Waals surface area contributed by atoms with Crippen molar-refractivity contribution in [2.45, 2.75) is 32.0 Å². The Morgan fingerprint density at radius 2 is 1.82 bits per heavy atom. The van der Waals surface area contributed by atoms with Crippen LogP contribution in [0.15, 0.2) is 65.8 Å². The van der Waals surface area contributed by atoms with Gasteiger partial charge in [0.1, 0.15) is 15.9 Å². The Hall–Kier alpha value is -4.14. The number of anilines is 2. The second kappa shape index (κ2) is 12.9. The van der Waals surface area contributed by atoms with Gasteiger partial charge >= 0.3 is 5.97 Å². The van der Waals surface area contributed by atoms with Gasteiger partial charge in [0.15, 0.2) is 11.0 Å². The highest BCUT2D eigenvalue weighted by Gasteiger charge is 2.22. The zero-order valence-electron chi connectivity index (χ0n) is 20.9. The maximum absolute atomic E-state index is 12.7. The molecule has 0 saturated carbocycles. The molecule has 38 heavy (non-hydrogen) atoms. The Morgan fingerprint density at radius 1 is 1.11 bits per heavy atom. The summed E-state index contributed by atoms with van der Waals surface area (Å²) in [6.07, 6.45) is 0.181. The number of benzene rings is 2. The van der Waals surface area contributed by atoms with Crippen LogP contribution < -0.4 is 10.6 Å². The second-order valence-electron chi connectivity index (χ2n) is 8.03. The van der Waals surface area contributed by atoms with Crippen molar-refractivity contribution in [3.63, 3.8) is 0 Å². The molecule has 0 aliphatic carbocycles. The van der Waals surface area contributed by atoms with Crippen molar-refractivity contribution in [1.29, 1.82) is 5.26 Å². The SMILES string of the molecule is CCOC(=O)c1sc(NC(=O)CCSc2nnc(CNc3ccccc3)n2-c2ccccc2)c(C#N)c1C. The van der Waals surface area contributed by atoms with Crippen molar-refractivity contribution in [3.8, 4) is 11.8 Å². The molecule has 4 aromatic rings. The summed E-state index contributed by atoms with van der Waals surface area (Å²) >= 11 is 2.47. The molecular formula is C27H26N6O3S2. The summed E-state index contributed by atoms with van der Waals surface area (Å²) in [6, 6.07) is 21.7. The highest BCUT2D eigenvalue weighted by atomic mass is 32.2. The summed E-state index contributed by atoms with van der Waals surface area (Å²) < 4.78 is 7.03. The summed E-state index contributed by atoms with van der Waals surface area (Å²) in [4.78, 5) is 25.2. The number of nitrogens with zero attached hydrogens (tertiary/aromatic N) is 4. The number of hydrogen-bond acceptors (Lipinski definition) is 9. The molecule has 0 aliphatic rings. The summed E-state index contributed by atoms with van der Waals surface area (Å²) in [5, 5.41) is 25.5. The van der Waals surface area contributed by atoms with Crippen LogP contribution in [0.5, 0.6) is 0 Å². The van der Waals surface area contributed by atoms with Crippen molar-refractivity contribution >= 4 is 45.7 Å². The number of ether oxygens (including phenoxy) is 1. The molecule has 2 aromatic carbocycles. The van der Waals surface area contributed by atoms with E-state index in [1.54, 1.807) is 13.8 Å². The van der Waals surface area contributed by atoms with E-state index in [-0.39, 0.29) is 24.5 Å². The van der Waals surface area contributed by atoms with Crippen LogP contribution in [-0.2, 0) is 16.1 Å². The van der Waals surface area contributed by atoms with Gasteiger partial charge in [0.2, 0.25) is 5.91 Å². The van der Waals surface area contributed by atoms with Gasteiger partial charge in [-0.05, 0) is 43.7 Å². The van der Waals surface area contributed by atoms with Crippen LogP contribution >= 0.6 is 23.1 Å². The molecule has 0 bridgehead atoms. The van der Waals surface area contributed by atoms with Crippen LogP contribution in [0, 0.1) is 18.3 Å². The minimum absolute atomic E-state index is 0.181. The number of esters is 1. The number of hydrogen-bond donors (Lipinski definition) is 2. The molecule has 2 N–H and O–H groups in total. The Morgan fingerprint density at radius 3 is 2.50 bits per heavy atom. The molecule has 0 radical (unpaired) electrons. The highest BCUT2D eigenvalue weighted by molar-refractivity contribution is 7.99. The molecule has 9 nitrogen and oxygen atoms in total. The zero-order valence-corrected chi connectivity index (χ0v) is 22.6. The lowest BCUT2D eigenvalue weighted by molar-refractivity contribution is -0.115. The van der Waals surface area contributed by atoms with E-state index < -0.39 is 5.97 Å². The Kier molecular flexibility index (Phi) is 9.13. The molecule has 0 aliphatic heterocycles. The minimum Gasteiger partial charge on any atom is -0.462 e. The maximum atomic E-state index is 12.7.